The molecule has 0 fully saturated rings. The molecule has 0 bridgehead atoms. The molecule has 0 saturated heterocycles. The Balaban J connectivity index is 3.01. The molecular weight excluding hydrogens is 176 g/mol. The summed E-state index contributed by atoms with van der Waals surface area (Å²) >= 11 is 0. The van der Waals surface area contributed by atoms with Gasteiger partial charge in [0.05, 0.1) is 11.8 Å². The van der Waals surface area contributed by atoms with Gasteiger partial charge in [0.15, 0.2) is 11.6 Å². The highest BCUT2D eigenvalue weighted by molar-refractivity contribution is 5.52. The topological polar surface area (TPSA) is 35.2 Å². The maximum Gasteiger partial charge on any atom is 0.162 e. The molecule has 2 nitrogen and oxygen atoms in total. The molecule has 0 aliphatic carbocycles. The van der Waals surface area contributed by atoms with Gasteiger partial charge in [0.1, 0.15) is 5.75 Å². The van der Waals surface area contributed by atoms with E-state index in [9.17, 15) is 8.78 Å². The van der Waals surface area contributed by atoms with Crippen LogP contribution in [0, 0.1) is 11.6 Å². The lowest BCUT2D eigenvalue weighted by molar-refractivity contribution is 0.242. The summed E-state index contributed by atoms with van der Waals surface area (Å²) in [6.45, 7) is 3.56. The van der Waals surface area contributed by atoms with E-state index in [0.717, 1.165) is 12.1 Å². The quantitative estimate of drug-likeness (QED) is 0.721. The molecule has 2 N–H and O–H groups in total. The zero-order chi connectivity index (χ0) is 10.0. The minimum Gasteiger partial charge on any atom is -0.489 e. The van der Waals surface area contributed by atoms with Crippen LogP contribution in [0.25, 0.3) is 0 Å². The second kappa shape index (κ2) is 3.60. The molecule has 0 saturated carbocycles. The summed E-state index contributed by atoms with van der Waals surface area (Å²) in [5, 5.41) is 0. The van der Waals surface area contributed by atoms with Gasteiger partial charge in [-0.3, -0.25) is 0 Å². The molecule has 0 heterocycles. The molecule has 0 aliphatic rings. The summed E-state index contributed by atoms with van der Waals surface area (Å²) in [7, 11) is 0. The molecule has 0 atom stereocenters. The Morgan fingerprint density at radius 2 is 1.77 bits per heavy atom. The fraction of sp³-hybridized carbons (Fsp3) is 0.333. The zero-order valence-electron chi connectivity index (χ0n) is 7.47. The van der Waals surface area contributed by atoms with Crippen molar-refractivity contribution in [2.24, 2.45) is 0 Å². The number of ether oxygens (including phenoxy) is 1. The van der Waals surface area contributed by atoms with Crippen molar-refractivity contribution in [1.82, 2.24) is 0 Å². The van der Waals surface area contributed by atoms with Crippen molar-refractivity contribution >= 4 is 5.69 Å². The van der Waals surface area contributed by atoms with Gasteiger partial charge >= 0.3 is 0 Å². The molecule has 0 amide bonds. The Labute approximate surface area is 75.3 Å². The van der Waals surface area contributed by atoms with Crippen molar-refractivity contribution in [3.63, 3.8) is 0 Å². The minimum absolute atomic E-state index is 0.104. The highest BCUT2D eigenvalue weighted by atomic mass is 19.2. The highest BCUT2D eigenvalue weighted by Crippen LogP contribution is 2.25. The van der Waals surface area contributed by atoms with Crippen molar-refractivity contribution < 1.29 is 13.5 Å². The van der Waals surface area contributed by atoms with Crippen LogP contribution in [0.4, 0.5) is 14.5 Å². The molecule has 1 rings (SSSR count). The first-order valence-electron chi connectivity index (χ1n) is 3.92. The summed E-state index contributed by atoms with van der Waals surface area (Å²) in [6.07, 6.45) is -0.118. The molecule has 72 valence electrons. The number of nitrogen functional groups attached to an aromatic ring is 1. The zero-order valence-corrected chi connectivity index (χ0v) is 7.47. The van der Waals surface area contributed by atoms with Crippen LogP contribution in [-0.4, -0.2) is 6.10 Å². The summed E-state index contributed by atoms with van der Waals surface area (Å²) < 4.78 is 30.4. The summed E-state index contributed by atoms with van der Waals surface area (Å²) in [4.78, 5) is 0. The molecule has 0 aliphatic heterocycles. The lowest BCUT2D eigenvalue weighted by Crippen LogP contribution is -2.08. The van der Waals surface area contributed by atoms with E-state index in [4.69, 9.17) is 10.5 Å². The van der Waals surface area contributed by atoms with Gasteiger partial charge in [0.2, 0.25) is 0 Å². The fourth-order valence-corrected chi connectivity index (χ4v) is 0.900. The van der Waals surface area contributed by atoms with Crippen molar-refractivity contribution in [3.05, 3.63) is 23.8 Å². The Kier molecular flexibility index (Phi) is 2.70. The first kappa shape index (κ1) is 9.77. The van der Waals surface area contributed by atoms with Gasteiger partial charge < -0.3 is 10.5 Å². The van der Waals surface area contributed by atoms with Crippen LogP contribution in [0.3, 0.4) is 0 Å². The predicted octanol–water partition coefficient (Wildman–Crippen LogP) is 2.33. The maximum atomic E-state index is 12.7. The monoisotopic (exact) mass is 187 g/mol. The molecule has 4 heteroatoms. The first-order chi connectivity index (χ1) is 6.00. The number of hydrogen-bond acceptors (Lipinski definition) is 2. The molecule has 1 aromatic carbocycles. The van der Waals surface area contributed by atoms with Crippen molar-refractivity contribution in [2.45, 2.75) is 20.0 Å². The third kappa shape index (κ3) is 2.31. The maximum absolute atomic E-state index is 12.7. The molecule has 0 spiro atoms. The highest BCUT2D eigenvalue weighted by Gasteiger charge is 2.09. The van der Waals surface area contributed by atoms with E-state index in [-0.39, 0.29) is 17.5 Å². The van der Waals surface area contributed by atoms with Crippen LogP contribution in [0.5, 0.6) is 5.75 Å². The number of hydrogen-bond donors (Lipinski definition) is 1. The number of benzene rings is 1. The van der Waals surface area contributed by atoms with E-state index in [1.165, 1.54) is 0 Å². The van der Waals surface area contributed by atoms with E-state index in [1.807, 2.05) is 0 Å². The molecule has 13 heavy (non-hydrogen) atoms. The largest absolute Gasteiger partial charge is 0.489 e. The second-order valence-corrected chi connectivity index (χ2v) is 2.97. The average molecular weight is 187 g/mol. The SMILES string of the molecule is CC(C)Oc1cc(F)c(F)cc1N. The molecule has 0 aromatic heterocycles. The van der Waals surface area contributed by atoms with E-state index < -0.39 is 11.6 Å². The van der Waals surface area contributed by atoms with Crippen LogP contribution < -0.4 is 10.5 Å². The summed E-state index contributed by atoms with van der Waals surface area (Å²) in [5.41, 5.74) is 5.51. The number of halogens is 2. The minimum atomic E-state index is -0.964. The Morgan fingerprint density at radius 3 is 2.31 bits per heavy atom. The Morgan fingerprint density at radius 1 is 1.23 bits per heavy atom. The lowest BCUT2D eigenvalue weighted by Gasteiger charge is -2.11. The van der Waals surface area contributed by atoms with Gasteiger partial charge in [-0.2, -0.15) is 0 Å². The standard InChI is InChI=1S/C9H11F2NO/c1-5(2)13-9-4-7(11)6(10)3-8(9)12/h3-5H,12H2,1-2H3. The van der Waals surface area contributed by atoms with E-state index in [1.54, 1.807) is 13.8 Å². The third-order valence-corrected chi connectivity index (χ3v) is 1.42. The average Bonchev–Trinajstić information content (AvgIpc) is 1.99. The van der Waals surface area contributed by atoms with Gasteiger partial charge in [-0.25, -0.2) is 8.78 Å². The van der Waals surface area contributed by atoms with Gasteiger partial charge in [0, 0.05) is 12.1 Å². The van der Waals surface area contributed by atoms with Crippen molar-refractivity contribution in [2.75, 3.05) is 5.73 Å². The van der Waals surface area contributed by atoms with Gasteiger partial charge in [-0.05, 0) is 13.8 Å². The smallest absolute Gasteiger partial charge is 0.162 e. The molecule has 0 radical (unpaired) electrons. The van der Waals surface area contributed by atoms with Gasteiger partial charge in [-0.1, -0.05) is 0 Å². The van der Waals surface area contributed by atoms with Crippen molar-refractivity contribution in [3.8, 4) is 5.75 Å². The predicted molar refractivity (Wildman–Crippen MR) is 46.5 cm³/mol. The van der Waals surface area contributed by atoms with E-state index in [2.05, 4.69) is 0 Å². The van der Waals surface area contributed by atoms with Gasteiger partial charge in [-0.15, -0.1) is 0 Å². The van der Waals surface area contributed by atoms with Gasteiger partial charge in [0.25, 0.3) is 0 Å². The summed E-state index contributed by atoms with van der Waals surface area (Å²) in [6, 6.07) is 1.86. The second-order valence-electron chi connectivity index (χ2n) is 2.97. The van der Waals surface area contributed by atoms with Crippen LogP contribution in [0.15, 0.2) is 12.1 Å². The van der Waals surface area contributed by atoms with Crippen molar-refractivity contribution in [1.29, 1.82) is 0 Å². The third-order valence-electron chi connectivity index (χ3n) is 1.42. The molecule has 0 unspecified atom stereocenters. The number of rotatable bonds is 2. The Bertz CT molecular complexity index is 313. The number of nitrogens with two attached hydrogens (primary N) is 1. The normalized spacial score (nSPS) is 10.5. The number of anilines is 1. The summed E-state index contributed by atoms with van der Waals surface area (Å²) in [5.74, 6) is -1.74. The first-order valence-corrected chi connectivity index (χ1v) is 3.92. The van der Waals surface area contributed by atoms with Crippen LogP contribution >= 0.6 is 0 Å². The van der Waals surface area contributed by atoms with Crippen LogP contribution in [0.1, 0.15) is 13.8 Å². The van der Waals surface area contributed by atoms with E-state index in [0.29, 0.717) is 0 Å². The van der Waals surface area contributed by atoms with Crippen LogP contribution in [0.2, 0.25) is 0 Å². The Hall–Kier alpha value is -1.32. The fourth-order valence-electron chi connectivity index (χ4n) is 0.900. The lowest BCUT2D eigenvalue weighted by atomic mass is 10.2. The molecule has 1 aromatic rings. The van der Waals surface area contributed by atoms with E-state index >= 15 is 0 Å². The van der Waals surface area contributed by atoms with Crippen LogP contribution in [-0.2, 0) is 0 Å². The molecular formula is C9H11F2NO.